The number of hydrogen-bond donors (Lipinski definition) is 0. The van der Waals surface area contributed by atoms with Gasteiger partial charge in [0.15, 0.2) is 4.90 Å². The van der Waals surface area contributed by atoms with Crippen LogP contribution in [-0.2, 0) is 10.0 Å². The second kappa shape index (κ2) is 8.83. The molecule has 1 aromatic heterocycles. The first-order valence-corrected chi connectivity index (χ1v) is 11.8. The molecule has 1 fully saturated rings. The molecular weight excluding hydrogens is 464 g/mol. The molecule has 0 radical (unpaired) electrons. The van der Waals surface area contributed by atoms with Gasteiger partial charge in [0.05, 0.1) is 15.5 Å². The van der Waals surface area contributed by atoms with Crippen molar-refractivity contribution in [1.29, 1.82) is 0 Å². The van der Waals surface area contributed by atoms with E-state index in [0.717, 1.165) is 11.4 Å². The fraction of sp³-hybridized carbons (Fsp3) is 0.286. The predicted molar refractivity (Wildman–Crippen MR) is 124 cm³/mol. The predicted octanol–water partition coefficient (Wildman–Crippen LogP) is 2.82. The summed E-state index contributed by atoms with van der Waals surface area (Å²) in [6.45, 7) is 4.46. The first-order valence-electron chi connectivity index (χ1n) is 10.4. The van der Waals surface area contributed by atoms with E-state index in [-0.39, 0.29) is 23.7 Å². The second-order valence-corrected chi connectivity index (χ2v) is 9.79. The van der Waals surface area contributed by atoms with Crippen LogP contribution in [0.25, 0.3) is 5.69 Å². The van der Waals surface area contributed by atoms with Crippen LogP contribution < -0.4 is 4.90 Å². The first-order chi connectivity index (χ1) is 16.1. The molecule has 3 aromatic rings. The molecule has 13 heteroatoms. The van der Waals surface area contributed by atoms with Gasteiger partial charge in [-0.25, -0.2) is 13.1 Å². The number of piperazine rings is 1. The standard InChI is InChI=1S/C21H22N6O6S/c1-15-13-16(2)25(22-15)20-14-17(7-8-18(20)26(28)29)23-9-11-24(12-10-23)34(32,33)21-6-4-3-5-19(21)27(30)31/h3-8,13-14H,9-12H2,1-2H3. The van der Waals surface area contributed by atoms with Crippen LogP contribution in [0.1, 0.15) is 11.4 Å². The lowest BCUT2D eigenvalue weighted by Gasteiger charge is -2.35. The van der Waals surface area contributed by atoms with E-state index < -0.39 is 25.6 Å². The third-order valence-corrected chi connectivity index (χ3v) is 7.62. The number of anilines is 1. The quantitative estimate of drug-likeness (QED) is 0.382. The zero-order valence-corrected chi connectivity index (χ0v) is 19.3. The zero-order chi connectivity index (χ0) is 24.6. The number of rotatable bonds is 6. The minimum absolute atomic E-state index is 0.0902. The molecular formula is C21H22N6O6S. The van der Waals surface area contributed by atoms with Crippen LogP contribution in [0.5, 0.6) is 0 Å². The van der Waals surface area contributed by atoms with Crippen molar-refractivity contribution in [3.63, 3.8) is 0 Å². The summed E-state index contributed by atoms with van der Waals surface area (Å²) in [5.41, 5.74) is 1.94. The van der Waals surface area contributed by atoms with Gasteiger partial charge in [0.2, 0.25) is 10.0 Å². The van der Waals surface area contributed by atoms with Crippen LogP contribution in [0.15, 0.2) is 53.4 Å². The summed E-state index contributed by atoms with van der Waals surface area (Å²) in [6, 6.07) is 11.8. The van der Waals surface area contributed by atoms with Crippen LogP contribution in [0.4, 0.5) is 17.1 Å². The molecule has 0 amide bonds. The molecule has 0 N–H and O–H groups in total. The average molecular weight is 487 g/mol. The molecule has 2 aromatic carbocycles. The van der Waals surface area contributed by atoms with Crippen LogP contribution in [0.2, 0.25) is 0 Å². The Balaban J connectivity index is 1.59. The number of nitro groups is 2. The molecule has 1 saturated heterocycles. The van der Waals surface area contributed by atoms with Gasteiger partial charge < -0.3 is 4.90 Å². The summed E-state index contributed by atoms with van der Waals surface area (Å²) in [7, 11) is -4.05. The van der Waals surface area contributed by atoms with Gasteiger partial charge >= 0.3 is 0 Å². The molecule has 34 heavy (non-hydrogen) atoms. The van der Waals surface area contributed by atoms with Crippen molar-refractivity contribution in [2.24, 2.45) is 0 Å². The highest BCUT2D eigenvalue weighted by atomic mass is 32.2. The molecule has 1 aliphatic rings. The molecule has 178 valence electrons. The molecule has 12 nitrogen and oxygen atoms in total. The lowest BCUT2D eigenvalue weighted by atomic mass is 10.2. The van der Waals surface area contributed by atoms with E-state index in [1.165, 1.54) is 39.3 Å². The number of hydrogen-bond acceptors (Lipinski definition) is 8. The minimum atomic E-state index is -4.05. The summed E-state index contributed by atoms with van der Waals surface area (Å²) in [4.78, 5) is 23.3. The highest BCUT2D eigenvalue weighted by Gasteiger charge is 2.34. The fourth-order valence-electron chi connectivity index (χ4n) is 4.06. The zero-order valence-electron chi connectivity index (χ0n) is 18.5. The van der Waals surface area contributed by atoms with Crippen molar-refractivity contribution < 1.29 is 18.3 Å². The second-order valence-electron chi connectivity index (χ2n) is 7.88. The third kappa shape index (κ3) is 4.22. The van der Waals surface area contributed by atoms with Gasteiger partial charge in [-0.3, -0.25) is 20.2 Å². The Kier molecular flexibility index (Phi) is 6.06. The van der Waals surface area contributed by atoms with Gasteiger partial charge in [-0.2, -0.15) is 9.40 Å². The third-order valence-electron chi connectivity index (χ3n) is 5.68. The maximum Gasteiger partial charge on any atom is 0.295 e. The van der Waals surface area contributed by atoms with Gasteiger partial charge in [-0.05, 0) is 38.1 Å². The largest absolute Gasteiger partial charge is 0.369 e. The summed E-state index contributed by atoms with van der Waals surface area (Å²) >= 11 is 0. The van der Waals surface area contributed by atoms with Crippen molar-refractivity contribution >= 4 is 27.1 Å². The summed E-state index contributed by atoms with van der Waals surface area (Å²) in [5, 5.41) is 27.3. The number of nitro benzene ring substituents is 2. The van der Waals surface area contributed by atoms with Crippen LogP contribution >= 0.6 is 0 Å². The number of aromatic nitrogens is 2. The molecule has 1 aliphatic heterocycles. The SMILES string of the molecule is Cc1cc(C)n(-c2cc(N3CCN(S(=O)(=O)c4ccccc4[N+](=O)[O-])CC3)ccc2[N+](=O)[O-])n1. The van der Waals surface area contributed by atoms with Gasteiger partial charge in [-0.1, -0.05) is 12.1 Å². The van der Waals surface area contributed by atoms with Gasteiger partial charge in [0.25, 0.3) is 11.4 Å². The maximum absolute atomic E-state index is 13.1. The van der Waals surface area contributed by atoms with Crippen molar-refractivity contribution in [3.05, 3.63) is 80.1 Å². The summed E-state index contributed by atoms with van der Waals surface area (Å²) in [5.74, 6) is 0. The Bertz CT molecular complexity index is 1380. The Morgan fingerprint density at radius 3 is 2.12 bits per heavy atom. The van der Waals surface area contributed by atoms with E-state index in [4.69, 9.17) is 0 Å². The summed E-state index contributed by atoms with van der Waals surface area (Å²) in [6.07, 6.45) is 0. The van der Waals surface area contributed by atoms with Crippen molar-refractivity contribution in [3.8, 4) is 5.69 Å². The molecule has 0 bridgehead atoms. The van der Waals surface area contributed by atoms with E-state index in [2.05, 4.69) is 5.10 Å². The average Bonchev–Trinajstić information content (AvgIpc) is 3.16. The molecule has 2 heterocycles. The summed E-state index contributed by atoms with van der Waals surface area (Å²) < 4.78 is 28.9. The Labute approximate surface area is 195 Å². The number of para-hydroxylation sites is 1. The number of benzene rings is 2. The smallest absolute Gasteiger partial charge is 0.295 e. The Morgan fingerprint density at radius 2 is 1.53 bits per heavy atom. The van der Waals surface area contributed by atoms with E-state index in [9.17, 15) is 28.6 Å². The number of aryl methyl sites for hydroxylation is 2. The fourth-order valence-corrected chi connectivity index (χ4v) is 5.64. The number of sulfonamides is 1. The van der Waals surface area contributed by atoms with E-state index in [1.54, 1.807) is 19.1 Å². The number of nitrogens with zero attached hydrogens (tertiary/aromatic N) is 6. The normalized spacial score (nSPS) is 14.8. The molecule has 0 aliphatic carbocycles. The first kappa shape index (κ1) is 23.3. The van der Waals surface area contributed by atoms with Gasteiger partial charge in [0, 0.05) is 49.7 Å². The molecule has 0 spiro atoms. The highest BCUT2D eigenvalue weighted by molar-refractivity contribution is 7.89. The van der Waals surface area contributed by atoms with Gasteiger partial charge in [0.1, 0.15) is 5.69 Å². The molecule has 4 rings (SSSR count). The van der Waals surface area contributed by atoms with E-state index in [1.807, 2.05) is 17.9 Å². The maximum atomic E-state index is 13.1. The molecule has 0 unspecified atom stereocenters. The van der Waals surface area contributed by atoms with Crippen molar-refractivity contribution in [1.82, 2.24) is 14.1 Å². The van der Waals surface area contributed by atoms with Crippen LogP contribution in [0, 0.1) is 34.1 Å². The van der Waals surface area contributed by atoms with Crippen molar-refractivity contribution in [2.45, 2.75) is 18.7 Å². The van der Waals surface area contributed by atoms with Crippen LogP contribution in [0.3, 0.4) is 0 Å². The minimum Gasteiger partial charge on any atom is -0.369 e. The Morgan fingerprint density at radius 1 is 0.882 bits per heavy atom. The van der Waals surface area contributed by atoms with E-state index >= 15 is 0 Å². The lowest BCUT2D eigenvalue weighted by molar-refractivity contribution is -0.387. The topological polar surface area (TPSA) is 145 Å². The molecule has 0 atom stereocenters. The van der Waals surface area contributed by atoms with Crippen molar-refractivity contribution in [2.75, 3.05) is 31.1 Å². The monoisotopic (exact) mass is 486 g/mol. The Hall–Kier alpha value is -3.84. The van der Waals surface area contributed by atoms with E-state index in [0.29, 0.717) is 24.5 Å². The van der Waals surface area contributed by atoms with Crippen LogP contribution in [-0.4, -0.2) is 58.5 Å². The van der Waals surface area contributed by atoms with Gasteiger partial charge in [-0.15, -0.1) is 0 Å². The highest BCUT2D eigenvalue weighted by Crippen LogP contribution is 2.31. The lowest BCUT2D eigenvalue weighted by Crippen LogP contribution is -2.48. The molecule has 0 saturated carbocycles.